The number of anilines is 1. The van der Waals surface area contributed by atoms with E-state index in [9.17, 15) is 0 Å². The molecule has 0 atom stereocenters. The molecule has 3 heteroatoms. The summed E-state index contributed by atoms with van der Waals surface area (Å²) < 4.78 is 0. The molecule has 104 valence electrons. The van der Waals surface area contributed by atoms with Crippen LogP contribution in [0.2, 0.25) is 0 Å². The predicted molar refractivity (Wildman–Crippen MR) is 82.7 cm³/mol. The summed E-state index contributed by atoms with van der Waals surface area (Å²) >= 11 is 0. The second-order valence-electron chi connectivity index (χ2n) is 5.61. The molecule has 0 amide bonds. The van der Waals surface area contributed by atoms with Gasteiger partial charge in [0.1, 0.15) is 0 Å². The smallest absolute Gasteiger partial charge is 0.151 e. The van der Waals surface area contributed by atoms with Crippen molar-refractivity contribution in [2.75, 3.05) is 5.32 Å². The fourth-order valence-electron chi connectivity index (χ4n) is 2.82. The van der Waals surface area contributed by atoms with Crippen LogP contribution in [0, 0.1) is 6.92 Å². The summed E-state index contributed by atoms with van der Waals surface area (Å²) in [4.78, 5) is 0. The van der Waals surface area contributed by atoms with E-state index >= 15 is 0 Å². The zero-order valence-electron chi connectivity index (χ0n) is 12.0. The Morgan fingerprint density at radius 1 is 1.00 bits per heavy atom. The Morgan fingerprint density at radius 3 is 2.45 bits per heavy atom. The SMILES string of the molecule is Cc1cc(-c2ccccc2)nnc1NC1CCCCC1. The maximum absolute atomic E-state index is 4.39. The topological polar surface area (TPSA) is 37.8 Å². The minimum absolute atomic E-state index is 0.569. The normalized spacial score (nSPS) is 16.1. The molecule has 1 N–H and O–H groups in total. The Bertz CT molecular complexity index is 560. The first kappa shape index (κ1) is 13.1. The van der Waals surface area contributed by atoms with Crippen LogP contribution in [-0.4, -0.2) is 16.2 Å². The minimum atomic E-state index is 0.569. The highest BCUT2D eigenvalue weighted by Gasteiger charge is 2.15. The van der Waals surface area contributed by atoms with Gasteiger partial charge in [-0.15, -0.1) is 10.2 Å². The Kier molecular flexibility index (Phi) is 3.95. The average Bonchev–Trinajstić information content (AvgIpc) is 2.51. The molecule has 3 rings (SSSR count). The molecule has 1 heterocycles. The highest BCUT2D eigenvalue weighted by Crippen LogP contribution is 2.24. The van der Waals surface area contributed by atoms with Crippen molar-refractivity contribution in [2.24, 2.45) is 0 Å². The molecular formula is C17H21N3. The molecule has 1 fully saturated rings. The van der Waals surface area contributed by atoms with Crippen molar-refractivity contribution >= 4 is 5.82 Å². The van der Waals surface area contributed by atoms with Gasteiger partial charge in [0.05, 0.1) is 5.69 Å². The summed E-state index contributed by atoms with van der Waals surface area (Å²) in [5.41, 5.74) is 3.23. The van der Waals surface area contributed by atoms with Gasteiger partial charge in [-0.05, 0) is 31.4 Å². The van der Waals surface area contributed by atoms with Crippen LogP contribution >= 0.6 is 0 Å². The number of nitrogens with zero attached hydrogens (tertiary/aromatic N) is 2. The second kappa shape index (κ2) is 6.04. The van der Waals surface area contributed by atoms with Gasteiger partial charge in [-0.2, -0.15) is 0 Å². The van der Waals surface area contributed by atoms with Crippen LogP contribution in [0.1, 0.15) is 37.7 Å². The van der Waals surface area contributed by atoms with Crippen LogP contribution < -0.4 is 5.32 Å². The third-order valence-electron chi connectivity index (χ3n) is 4.00. The third kappa shape index (κ3) is 2.98. The lowest BCUT2D eigenvalue weighted by atomic mass is 9.95. The zero-order chi connectivity index (χ0) is 13.8. The lowest BCUT2D eigenvalue weighted by Gasteiger charge is -2.23. The van der Waals surface area contributed by atoms with Crippen LogP contribution in [0.3, 0.4) is 0 Å². The molecule has 1 saturated carbocycles. The Labute approximate surface area is 120 Å². The highest BCUT2D eigenvalue weighted by atomic mass is 15.2. The molecule has 3 nitrogen and oxygen atoms in total. The van der Waals surface area contributed by atoms with Crippen molar-refractivity contribution in [3.05, 3.63) is 42.0 Å². The quantitative estimate of drug-likeness (QED) is 0.905. The summed E-state index contributed by atoms with van der Waals surface area (Å²) in [6.07, 6.45) is 6.53. The molecule has 0 unspecified atom stereocenters. The maximum atomic E-state index is 4.39. The van der Waals surface area contributed by atoms with E-state index < -0.39 is 0 Å². The number of hydrogen-bond acceptors (Lipinski definition) is 3. The van der Waals surface area contributed by atoms with Crippen LogP contribution in [0.15, 0.2) is 36.4 Å². The Balaban J connectivity index is 1.77. The van der Waals surface area contributed by atoms with Crippen molar-refractivity contribution < 1.29 is 0 Å². The number of nitrogens with one attached hydrogen (secondary N) is 1. The monoisotopic (exact) mass is 267 g/mol. The molecule has 20 heavy (non-hydrogen) atoms. The molecule has 0 saturated heterocycles. The summed E-state index contributed by atoms with van der Waals surface area (Å²) in [5, 5.41) is 12.3. The van der Waals surface area contributed by atoms with E-state index in [-0.39, 0.29) is 0 Å². The molecule has 1 aromatic carbocycles. The van der Waals surface area contributed by atoms with Crippen molar-refractivity contribution in [3.63, 3.8) is 0 Å². The van der Waals surface area contributed by atoms with Crippen molar-refractivity contribution in [2.45, 2.75) is 45.1 Å². The van der Waals surface area contributed by atoms with Gasteiger partial charge in [0, 0.05) is 11.6 Å². The summed E-state index contributed by atoms with van der Waals surface area (Å²) in [7, 11) is 0. The highest BCUT2D eigenvalue weighted by molar-refractivity contribution is 5.61. The predicted octanol–water partition coefficient (Wildman–Crippen LogP) is 4.20. The van der Waals surface area contributed by atoms with E-state index in [4.69, 9.17) is 0 Å². The molecule has 0 bridgehead atoms. The molecular weight excluding hydrogens is 246 g/mol. The zero-order valence-corrected chi connectivity index (χ0v) is 12.0. The fourth-order valence-corrected chi connectivity index (χ4v) is 2.82. The van der Waals surface area contributed by atoms with Gasteiger partial charge in [-0.25, -0.2) is 0 Å². The standard InChI is InChI=1S/C17H21N3/c1-13-12-16(14-8-4-2-5-9-14)19-20-17(13)18-15-10-6-3-7-11-15/h2,4-5,8-9,12,15H,3,6-7,10-11H2,1H3,(H,18,20). The first-order valence-corrected chi connectivity index (χ1v) is 7.49. The first-order valence-electron chi connectivity index (χ1n) is 7.49. The maximum Gasteiger partial charge on any atom is 0.151 e. The van der Waals surface area contributed by atoms with Crippen LogP contribution in [0.25, 0.3) is 11.3 Å². The molecule has 0 aliphatic heterocycles. The van der Waals surface area contributed by atoms with Gasteiger partial charge < -0.3 is 5.32 Å². The van der Waals surface area contributed by atoms with Crippen LogP contribution in [0.4, 0.5) is 5.82 Å². The van der Waals surface area contributed by atoms with Gasteiger partial charge in [0.25, 0.3) is 0 Å². The van der Waals surface area contributed by atoms with Crippen molar-refractivity contribution in [1.82, 2.24) is 10.2 Å². The number of aryl methyl sites for hydroxylation is 1. The van der Waals surface area contributed by atoms with Gasteiger partial charge in [0.15, 0.2) is 5.82 Å². The van der Waals surface area contributed by atoms with Gasteiger partial charge >= 0.3 is 0 Å². The van der Waals surface area contributed by atoms with Crippen LogP contribution in [0.5, 0.6) is 0 Å². The largest absolute Gasteiger partial charge is 0.366 e. The summed E-state index contributed by atoms with van der Waals surface area (Å²) in [5.74, 6) is 0.941. The van der Waals surface area contributed by atoms with Crippen molar-refractivity contribution in [3.8, 4) is 11.3 Å². The second-order valence-corrected chi connectivity index (χ2v) is 5.61. The minimum Gasteiger partial charge on any atom is -0.366 e. The number of hydrogen-bond donors (Lipinski definition) is 1. The van der Waals surface area contributed by atoms with Gasteiger partial charge in [-0.1, -0.05) is 49.6 Å². The molecule has 1 aliphatic carbocycles. The molecule has 0 spiro atoms. The fraction of sp³-hybridized carbons (Fsp3) is 0.412. The summed E-state index contributed by atoms with van der Waals surface area (Å²) in [6.45, 7) is 2.10. The van der Waals surface area contributed by atoms with Gasteiger partial charge in [0.2, 0.25) is 0 Å². The Hall–Kier alpha value is -1.90. The third-order valence-corrected chi connectivity index (χ3v) is 4.00. The van der Waals surface area contributed by atoms with Crippen molar-refractivity contribution in [1.29, 1.82) is 0 Å². The molecule has 1 aromatic heterocycles. The van der Waals surface area contributed by atoms with E-state index in [2.05, 4.69) is 40.6 Å². The van der Waals surface area contributed by atoms with Gasteiger partial charge in [-0.3, -0.25) is 0 Å². The van der Waals surface area contributed by atoms with E-state index in [1.807, 2.05) is 18.2 Å². The molecule has 2 aromatic rings. The van der Waals surface area contributed by atoms with E-state index in [0.29, 0.717) is 6.04 Å². The first-order chi connectivity index (χ1) is 9.83. The summed E-state index contributed by atoms with van der Waals surface area (Å²) in [6, 6.07) is 12.9. The number of benzene rings is 1. The van der Waals surface area contributed by atoms with E-state index in [1.165, 1.54) is 37.7 Å². The van der Waals surface area contributed by atoms with E-state index in [1.54, 1.807) is 0 Å². The number of aromatic nitrogens is 2. The number of rotatable bonds is 3. The molecule has 0 radical (unpaired) electrons. The lowest BCUT2D eigenvalue weighted by molar-refractivity contribution is 0.461. The molecule has 1 aliphatic rings. The van der Waals surface area contributed by atoms with Crippen LogP contribution in [-0.2, 0) is 0 Å². The Morgan fingerprint density at radius 2 is 1.75 bits per heavy atom. The average molecular weight is 267 g/mol. The van der Waals surface area contributed by atoms with E-state index in [0.717, 1.165) is 17.1 Å². The lowest BCUT2D eigenvalue weighted by Crippen LogP contribution is -2.23.